The second-order valence-electron chi connectivity index (χ2n) is 4.53. The molecule has 2 fully saturated rings. The maximum absolute atomic E-state index is 5.82. The SMILES string of the molecule is Nc1cnccc1NC1CC2CC2C1. The fourth-order valence-corrected chi connectivity index (χ4v) is 2.59. The molecule has 2 saturated carbocycles. The fraction of sp³-hybridized carbons (Fsp3) is 0.545. The molecule has 2 atom stereocenters. The van der Waals surface area contributed by atoms with E-state index in [9.17, 15) is 0 Å². The van der Waals surface area contributed by atoms with E-state index in [0.29, 0.717) is 6.04 Å². The van der Waals surface area contributed by atoms with Crippen LogP contribution in [0.1, 0.15) is 19.3 Å². The molecule has 0 bridgehead atoms. The van der Waals surface area contributed by atoms with Crippen LogP contribution in [0, 0.1) is 11.8 Å². The van der Waals surface area contributed by atoms with Crippen molar-refractivity contribution in [1.29, 1.82) is 0 Å². The molecule has 1 aromatic heterocycles. The van der Waals surface area contributed by atoms with Gasteiger partial charge < -0.3 is 11.1 Å². The predicted octanol–water partition coefficient (Wildman–Crippen LogP) is 1.87. The van der Waals surface area contributed by atoms with Crippen molar-refractivity contribution < 1.29 is 0 Å². The lowest BCUT2D eigenvalue weighted by Crippen LogP contribution is -2.17. The van der Waals surface area contributed by atoms with Gasteiger partial charge in [-0.05, 0) is 37.2 Å². The van der Waals surface area contributed by atoms with Gasteiger partial charge in [0.1, 0.15) is 0 Å². The number of rotatable bonds is 2. The topological polar surface area (TPSA) is 50.9 Å². The Balaban J connectivity index is 1.69. The van der Waals surface area contributed by atoms with Crippen LogP contribution in [0.5, 0.6) is 0 Å². The number of hydrogen-bond acceptors (Lipinski definition) is 3. The lowest BCUT2D eigenvalue weighted by Gasteiger charge is -2.16. The fourth-order valence-electron chi connectivity index (χ4n) is 2.59. The van der Waals surface area contributed by atoms with Crippen molar-refractivity contribution >= 4 is 11.4 Å². The number of nitrogens with one attached hydrogen (secondary N) is 1. The zero-order chi connectivity index (χ0) is 9.54. The largest absolute Gasteiger partial charge is 0.396 e. The van der Waals surface area contributed by atoms with E-state index < -0.39 is 0 Å². The molecule has 14 heavy (non-hydrogen) atoms. The summed E-state index contributed by atoms with van der Waals surface area (Å²) in [5.41, 5.74) is 7.62. The highest BCUT2D eigenvalue weighted by atomic mass is 15.0. The van der Waals surface area contributed by atoms with Gasteiger partial charge in [0, 0.05) is 12.2 Å². The average molecular weight is 189 g/mol. The van der Waals surface area contributed by atoms with E-state index in [1.165, 1.54) is 19.3 Å². The highest BCUT2D eigenvalue weighted by Gasteiger charge is 2.45. The van der Waals surface area contributed by atoms with Gasteiger partial charge in [-0.15, -0.1) is 0 Å². The summed E-state index contributed by atoms with van der Waals surface area (Å²) in [6.45, 7) is 0. The van der Waals surface area contributed by atoms with Crippen LogP contribution < -0.4 is 11.1 Å². The van der Waals surface area contributed by atoms with Crippen molar-refractivity contribution in [3.05, 3.63) is 18.5 Å². The minimum absolute atomic E-state index is 0.642. The third kappa shape index (κ3) is 1.33. The van der Waals surface area contributed by atoms with Gasteiger partial charge in [-0.3, -0.25) is 4.98 Å². The lowest BCUT2D eigenvalue weighted by molar-refractivity contribution is 0.652. The highest BCUT2D eigenvalue weighted by Crippen LogP contribution is 2.52. The molecule has 0 radical (unpaired) electrons. The number of nitrogens with two attached hydrogens (primary N) is 1. The van der Waals surface area contributed by atoms with Crippen LogP contribution in [-0.2, 0) is 0 Å². The van der Waals surface area contributed by atoms with Crippen LogP contribution in [0.2, 0.25) is 0 Å². The number of fused-ring (bicyclic) bond motifs is 1. The molecular weight excluding hydrogens is 174 g/mol. The Kier molecular flexibility index (Phi) is 1.66. The first-order valence-electron chi connectivity index (χ1n) is 5.29. The number of aromatic nitrogens is 1. The zero-order valence-electron chi connectivity index (χ0n) is 8.11. The van der Waals surface area contributed by atoms with Crippen LogP contribution >= 0.6 is 0 Å². The predicted molar refractivity (Wildman–Crippen MR) is 56.9 cm³/mol. The number of nitrogen functional groups attached to an aromatic ring is 1. The lowest BCUT2D eigenvalue weighted by atomic mass is 10.1. The Bertz CT molecular complexity index is 340. The zero-order valence-corrected chi connectivity index (χ0v) is 8.11. The van der Waals surface area contributed by atoms with Crippen molar-refractivity contribution in [2.45, 2.75) is 25.3 Å². The Morgan fingerprint density at radius 3 is 2.79 bits per heavy atom. The van der Waals surface area contributed by atoms with Gasteiger partial charge in [-0.2, -0.15) is 0 Å². The van der Waals surface area contributed by atoms with Gasteiger partial charge >= 0.3 is 0 Å². The summed E-state index contributed by atoms with van der Waals surface area (Å²) in [5.74, 6) is 2.02. The maximum Gasteiger partial charge on any atom is 0.0736 e. The van der Waals surface area contributed by atoms with Gasteiger partial charge in [0.05, 0.1) is 17.6 Å². The molecular formula is C11H15N3. The van der Waals surface area contributed by atoms with Crippen LogP contribution in [-0.4, -0.2) is 11.0 Å². The first kappa shape index (κ1) is 8.09. The van der Waals surface area contributed by atoms with Gasteiger partial charge in [0.25, 0.3) is 0 Å². The van der Waals surface area contributed by atoms with E-state index >= 15 is 0 Å². The maximum atomic E-state index is 5.82. The van der Waals surface area contributed by atoms with Crippen molar-refractivity contribution in [2.75, 3.05) is 11.1 Å². The molecule has 2 aliphatic carbocycles. The van der Waals surface area contributed by atoms with Gasteiger partial charge in [-0.1, -0.05) is 0 Å². The molecule has 3 rings (SSSR count). The monoisotopic (exact) mass is 189 g/mol. The van der Waals surface area contributed by atoms with Crippen molar-refractivity contribution in [3.63, 3.8) is 0 Å². The minimum atomic E-state index is 0.642. The molecule has 1 aromatic rings. The van der Waals surface area contributed by atoms with E-state index in [0.717, 1.165) is 23.2 Å². The standard InChI is InChI=1S/C11H15N3/c12-10-6-13-2-1-11(10)14-9-4-7-3-8(7)5-9/h1-2,6-9H,3-5,12H2,(H,13,14). The van der Waals surface area contributed by atoms with Crippen molar-refractivity contribution in [2.24, 2.45) is 11.8 Å². The number of hydrogen-bond donors (Lipinski definition) is 2. The Labute approximate surface area is 83.7 Å². The molecule has 0 aliphatic heterocycles. The number of anilines is 2. The second-order valence-corrected chi connectivity index (χ2v) is 4.53. The van der Waals surface area contributed by atoms with Crippen LogP contribution in [0.4, 0.5) is 11.4 Å². The summed E-state index contributed by atoms with van der Waals surface area (Å²) in [4.78, 5) is 3.98. The Morgan fingerprint density at radius 1 is 1.29 bits per heavy atom. The van der Waals surface area contributed by atoms with E-state index in [1.807, 2.05) is 6.07 Å². The normalized spacial score (nSPS) is 33.9. The van der Waals surface area contributed by atoms with E-state index in [4.69, 9.17) is 5.73 Å². The smallest absolute Gasteiger partial charge is 0.0736 e. The molecule has 0 aromatic carbocycles. The molecule has 1 heterocycles. The van der Waals surface area contributed by atoms with Gasteiger partial charge in [-0.25, -0.2) is 0 Å². The van der Waals surface area contributed by atoms with E-state index in [-0.39, 0.29) is 0 Å². The summed E-state index contributed by atoms with van der Waals surface area (Å²) < 4.78 is 0. The summed E-state index contributed by atoms with van der Waals surface area (Å²) in [7, 11) is 0. The molecule has 74 valence electrons. The molecule has 0 amide bonds. The van der Waals surface area contributed by atoms with Gasteiger partial charge in [0.2, 0.25) is 0 Å². The van der Waals surface area contributed by atoms with Crippen LogP contribution in [0.3, 0.4) is 0 Å². The molecule has 3 heteroatoms. The van der Waals surface area contributed by atoms with Gasteiger partial charge in [0.15, 0.2) is 0 Å². The van der Waals surface area contributed by atoms with Crippen LogP contribution in [0.15, 0.2) is 18.5 Å². The molecule has 2 aliphatic rings. The average Bonchev–Trinajstić information content (AvgIpc) is 2.79. The Hall–Kier alpha value is -1.25. The summed E-state index contributed by atoms with van der Waals surface area (Å²) in [5, 5.41) is 3.50. The first-order chi connectivity index (χ1) is 6.83. The highest BCUT2D eigenvalue weighted by molar-refractivity contribution is 5.64. The summed E-state index contributed by atoms with van der Waals surface area (Å²) >= 11 is 0. The van der Waals surface area contributed by atoms with Crippen LogP contribution in [0.25, 0.3) is 0 Å². The molecule has 0 saturated heterocycles. The number of pyridine rings is 1. The second kappa shape index (κ2) is 2.87. The molecule has 3 nitrogen and oxygen atoms in total. The quantitative estimate of drug-likeness (QED) is 0.746. The third-order valence-electron chi connectivity index (χ3n) is 3.46. The number of nitrogens with zero attached hydrogens (tertiary/aromatic N) is 1. The van der Waals surface area contributed by atoms with E-state index in [1.54, 1.807) is 12.4 Å². The third-order valence-corrected chi connectivity index (χ3v) is 3.46. The summed E-state index contributed by atoms with van der Waals surface area (Å²) in [6, 6.07) is 2.60. The molecule has 3 N–H and O–H groups in total. The van der Waals surface area contributed by atoms with E-state index in [2.05, 4.69) is 10.3 Å². The minimum Gasteiger partial charge on any atom is -0.396 e. The van der Waals surface area contributed by atoms with Crippen molar-refractivity contribution in [1.82, 2.24) is 4.98 Å². The van der Waals surface area contributed by atoms with Crippen molar-refractivity contribution in [3.8, 4) is 0 Å². The Morgan fingerprint density at radius 2 is 2.07 bits per heavy atom. The first-order valence-corrected chi connectivity index (χ1v) is 5.29. The molecule has 2 unspecified atom stereocenters. The summed E-state index contributed by atoms with van der Waals surface area (Å²) in [6.07, 6.45) is 7.61. The molecule has 0 spiro atoms.